The molecule has 3 N–H and O–H groups in total. The van der Waals surface area contributed by atoms with Crippen molar-refractivity contribution < 1.29 is 13.9 Å². The molecule has 1 unspecified atom stereocenters. The zero-order valence-electron chi connectivity index (χ0n) is 14.7. The van der Waals surface area contributed by atoms with E-state index in [1.54, 1.807) is 36.4 Å². The molecule has 2 aliphatic rings. The van der Waals surface area contributed by atoms with Crippen molar-refractivity contribution in [2.24, 2.45) is 5.73 Å². The van der Waals surface area contributed by atoms with Gasteiger partial charge in [0.05, 0.1) is 5.39 Å². The fourth-order valence-electron chi connectivity index (χ4n) is 4.07. The molecule has 3 heterocycles. The third-order valence-electron chi connectivity index (χ3n) is 5.25. The van der Waals surface area contributed by atoms with Gasteiger partial charge in [0.25, 0.3) is 0 Å². The molecule has 1 atom stereocenters. The summed E-state index contributed by atoms with van der Waals surface area (Å²) in [6.45, 7) is 1.86. The quantitative estimate of drug-likeness (QED) is 0.586. The number of amides is 1. The van der Waals surface area contributed by atoms with Crippen molar-refractivity contribution in [3.8, 4) is 11.8 Å². The number of nitrogens with one attached hydrogen (secondary N) is 1. The first kappa shape index (κ1) is 16.1. The lowest BCUT2D eigenvalue weighted by Crippen LogP contribution is -2.45. The summed E-state index contributed by atoms with van der Waals surface area (Å²) in [6, 6.07) is 14.1. The van der Waals surface area contributed by atoms with Gasteiger partial charge in [-0.1, -0.05) is 29.8 Å². The first-order chi connectivity index (χ1) is 13.5. The van der Waals surface area contributed by atoms with Crippen LogP contribution in [-0.4, -0.2) is 5.91 Å². The summed E-state index contributed by atoms with van der Waals surface area (Å²) >= 11 is 0. The van der Waals surface area contributed by atoms with E-state index in [9.17, 15) is 14.9 Å². The Balaban J connectivity index is 2.03. The van der Waals surface area contributed by atoms with E-state index in [4.69, 9.17) is 14.9 Å². The molecule has 7 heteroatoms. The van der Waals surface area contributed by atoms with E-state index in [-0.39, 0.29) is 22.8 Å². The van der Waals surface area contributed by atoms with E-state index in [1.165, 1.54) is 0 Å². The molecule has 0 fully saturated rings. The fraction of sp³-hybridized carbons (Fsp3) is 0.0952. The van der Waals surface area contributed by atoms with Gasteiger partial charge in [-0.15, -0.1) is 0 Å². The molecule has 0 bridgehead atoms. The highest BCUT2D eigenvalue weighted by atomic mass is 16.5. The second-order valence-corrected chi connectivity index (χ2v) is 6.80. The van der Waals surface area contributed by atoms with E-state index in [2.05, 4.69) is 5.32 Å². The number of fused-ring (bicyclic) bond motifs is 6. The van der Waals surface area contributed by atoms with Crippen molar-refractivity contribution >= 4 is 22.6 Å². The van der Waals surface area contributed by atoms with Crippen molar-refractivity contribution in [1.82, 2.24) is 0 Å². The number of nitrogens with two attached hydrogens (primary N) is 1. The molecule has 3 aromatic rings. The Morgan fingerprint density at radius 2 is 1.96 bits per heavy atom. The largest absolute Gasteiger partial charge is 0.439 e. The maximum atomic E-state index is 13.3. The Labute approximate surface area is 158 Å². The molecule has 1 aromatic heterocycles. The number of ether oxygens (including phenoxy) is 1. The Hall–Kier alpha value is -4.05. The molecule has 136 valence electrons. The summed E-state index contributed by atoms with van der Waals surface area (Å²) < 4.78 is 11.2. The van der Waals surface area contributed by atoms with Gasteiger partial charge >= 0.3 is 5.63 Å². The highest BCUT2D eigenvalue weighted by molar-refractivity contribution is 6.13. The molecule has 1 amide bonds. The van der Waals surface area contributed by atoms with Crippen molar-refractivity contribution in [1.29, 1.82) is 5.26 Å². The number of rotatable bonds is 0. The summed E-state index contributed by atoms with van der Waals surface area (Å²) in [5.41, 5.74) is 5.58. The molecule has 2 aliphatic heterocycles. The second-order valence-electron chi connectivity index (χ2n) is 6.80. The van der Waals surface area contributed by atoms with E-state index in [0.717, 1.165) is 5.56 Å². The maximum Gasteiger partial charge on any atom is 0.345 e. The van der Waals surface area contributed by atoms with Gasteiger partial charge in [-0.3, -0.25) is 4.79 Å². The average Bonchev–Trinajstić information content (AvgIpc) is 2.94. The van der Waals surface area contributed by atoms with E-state index in [1.807, 2.05) is 19.1 Å². The van der Waals surface area contributed by atoms with Gasteiger partial charge in [-0.25, -0.2) is 4.79 Å². The van der Waals surface area contributed by atoms with Crippen molar-refractivity contribution in [3.63, 3.8) is 0 Å². The maximum absolute atomic E-state index is 13.3. The normalized spacial score (nSPS) is 19.8. The summed E-state index contributed by atoms with van der Waals surface area (Å²) in [4.78, 5) is 26.3. The van der Waals surface area contributed by atoms with E-state index >= 15 is 0 Å². The summed E-state index contributed by atoms with van der Waals surface area (Å²) in [5, 5.41) is 13.1. The summed E-state index contributed by atoms with van der Waals surface area (Å²) in [7, 11) is 0. The molecule has 1 spiro atoms. The molecule has 5 rings (SSSR count). The Morgan fingerprint density at radius 1 is 1.18 bits per heavy atom. The summed E-state index contributed by atoms with van der Waals surface area (Å²) in [5.74, 6) is -0.622. The Kier molecular flexibility index (Phi) is 3.02. The van der Waals surface area contributed by atoms with Crippen molar-refractivity contribution in [2.75, 3.05) is 5.32 Å². The van der Waals surface area contributed by atoms with Crippen LogP contribution in [0.5, 0.6) is 5.75 Å². The Morgan fingerprint density at radius 3 is 2.75 bits per heavy atom. The van der Waals surface area contributed by atoms with Crippen molar-refractivity contribution in [3.05, 3.63) is 81.0 Å². The number of aryl methyl sites for hydroxylation is 1. The van der Waals surface area contributed by atoms with Gasteiger partial charge < -0.3 is 20.2 Å². The fourth-order valence-corrected chi connectivity index (χ4v) is 4.07. The van der Waals surface area contributed by atoms with Gasteiger partial charge in [0.1, 0.15) is 22.8 Å². The van der Waals surface area contributed by atoms with Gasteiger partial charge in [0, 0.05) is 11.3 Å². The van der Waals surface area contributed by atoms with Crippen LogP contribution < -0.4 is 21.4 Å². The van der Waals surface area contributed by atoms with Crippen LogP contribution in [0.4, 0.5) is 5.69 Å². The monoisotopic (exact) mass is 371 g/mol. The molecule has 0 saturated heterocycles. The molecular formula is C21H13N3O4. The second kappa shape index (κ2) is 5.24. The minimum absolute atomic E-state index is 0.0428. The highest BCUT2D eigenvalue weighted by Crippen LogP contribution is 2.53. The topological polar surface area (TPSA) is 118 Å². The lowest BCUT2D eigenvalue weighted by molar-refractivity contribution is -0.118. The molecule has 28 heavy (non-hydrogen) atoms. The van der Waals surface area contributed by atoms with Crippen LogP contribution in [0.25, 0.3) is 11.0 Å². The molecule has 2 aromatic carbocycles. The van der Waals surface area contributed by atoms with Gasteiger partial charge in [0.2, 0.25) is 11.8 Å². The number of benzene rings is 2. The van der Waals surface area contributed by atoms with E-state index in [0.29, 0.717) is 22.2 Å². The predicted octanol–water partition coefficient (Wildman–Crippen LogP) is 2.43. The van der Waals surface area contributed by atoms with Crippen LogP contribution >= 0.6 is 0 Å². The zero-order valence-corrected chi connectivity index (χ0v) is 14.7. The van der Waals surface area contributed by atoms with Crippen LogP contribution in [-0.2, 0) is 10.2 Å². The Bertz CT molecular complexity index is 1350. The third-order valence-corrected chi connectivity index (χ3v) is 5.25. The number of carbonyl (C=O) groups excluding carboxylic acids is 1. The molecule has 7 nitrogen and oxygen atoms in total. The number of hydrogen-bond acceptors (Lipinski definition) is 6. The number of anilines is 1. The standard InChI is InChI=1S/C21H13N3O4/c1-10-6-7-14-12(8-10)21(20(26)24-14)13(9-22)18(23)28-17-11-4-2-3-5-15(11)27-19(25)16(17)21/h2-8H,23H2,1H3,(H,24,26). The average molecular weight is 371 g/mol. The van der Waals surface area contributed by atoms with Crippen LogP contribution in [0.15, 0.2) is 63.1 Å². The molecule has 0 radical (unpaired) electrons. The first-order valence-electron chi connectivity index (χ1n) is 8.55. The molecular weight excluding hydrogens is 358 g/mol. The zero-order chi connectivity index (χ0) is 19.6. The van der Waals surface area contributed by atoms with Gasteiger partial charge in [0.15, 0.2) is 11.2 Å². The minimum Gasteiger partial charge on any atom is -0.439 e. The number of nitrogens with zero attached hydrogens (tertiary/aromatic N) is 1. The summed E-state index contributed by atoms with van der Waals surface area (Å²) in [6.07, 6.45) is 0. The lowest BCUT2D eigenvalue weighted by atomic mass is 9.69. The van der Waals surface area contributed by atoms with E-state index < -0.39 is 16.9 Å². The van der Waals surface area contributed by atoms with Crippen LogP contribution in [0.2, 0.25) is 0 Å². The smallest absolute Gasteiger partial charge is 0.345 e. The van der Waals surface area contributed by atoms with Crippen molar-refractivity contribution in [2.45, 2.75) is 12.3 Å². The minimum atomic E-state index is -1.72. The van der Waals surface area contributed by atoms with Gasteiger partial charge in [-0.2, -0.15) is 5.26 Å². The highest BCUT2D eigenvalue weighted by Gasteiger charge is 2.58. The lowest BCUT2D eigenvalue weighted by Gasteiger charge is -2.32. The predicted molar refractivity (Wildman–Crippen MR) is 101 cm³/mol. The van der Waals surface area contributed by atoms with Crippen LogP contribution in [0.1, 0.15) is 16.7 Å². The number of carbonyl (C=O) groups is 1. The number of nitriles is 1. The van der Waals surface area contributed by atoms with Crippen LogP contribution in [0.3, 0.4) is 0 Å². The molecule has 0 saturated carbocycles. The third kappa shape index (κ3) is 1.76. The number of para-hydroxylation sites is 1. The van der Waals surface area contributed by atoms with Gasteiger partial charge in [-0.05, 0) is 25.1 Å². The van der Waals surface area contributed by atoms with Crippen LogP contribution in [0, 0.1) is 18.3 Å². The first-order valence-corrected chi connectivity index (χ1v) is 8.55. The number of hydrogen-bond donors (Lipinski definition) is 2. The molecule has 0 aliphatic carbocycles. The SMILES string of the molecule is Cc1ccc2c(c1)C1(C(=O)N2)C(C#N)=C(N)Oc2c1c(=O)oc1ccccc21.